The van der Waals surface area contributed by atoms with Crippen LogP contribution in [0.1, 0.15) is 6.92 Å². The van der Waals surface area contributed by atoms with Crippen LogP contribution in [0.4, 0.5) is 0 Å². The summed E-state index contributed by atoms with van der Waals surface area (Å²) in [7, 11) is 1.65. The molecule has 0 aliphatic heterocycles. The molecule has 0 fully saturated rings. The zero-order chi connectivity index (χ0) is 12.3. The highest BCUT2D eigenvalue weighted by atomic mass is 16.5. The molecule has 1 heterocycles. The van der Waals surface area contributed by atoms with E-state index in [1.807, 2.05) is 42.0 Å². The number of hydrogen-bond acceptors (Lipinski definition) is 2. The zero-order valence-electron chi connectivity index (χ0n) is 10.1. The van der Waals surface area contributed by atoms with Crippen LogP contribution in [0, 0.1) is 0 Å². The molecule has 0 spiro atoms. The van der Waals surface area contributed by atoms with Crippen molar-refractivity contribution < 1.29 is 9.53 Å². The molecular weight excluding hydrogens is 216 g/mol. The number of nitrogens with zero attached hydrogens (tertiary/aromatic N) is 1. The third-order valence-corrected chi connectivity index (χ3v) is 2.67. The Morgan fingerprint density at radius 2 is 2.24 bits per heavy atom. The molecule has 1 amide bonds. The highest BCUT2D eigenvalue weighted by molar-refractivity contribution is 5.84. The van der Waals surface area contributed by atoms with Crippen LogP contribution in [-0.2, 0) is 11.3 Å². The first kappa shape index (κ1) is 11.5. The summed E-state index contributed by atoms with van der Waals surface area (Å²) in [5, 5.41) is 3.86. The summed E-state index contributed by atoms with van der Waals surface area (Å²) in [5.41, 5.74) is 1.04. The monoisotopic (exact) mass is 232 g/mol. The van der Waals surface area contributed by atoms with Crippen LogP contribution in [0.5, 0.6) is 5.75 Å². The largest absolute Gasteiger partial charge is 0.497 e. The second-order valence-electron chi connectivity index (χ2n) is 3.82. The van der Waals surface area contributed by atoms with Gasteiger partial charge in [-0.25, -0.2) is 0 Å². The number of rotatable bonds is 4. The van der Waals surface area contributed by atoms with E-state index >= 15 is 0 Å². The molecule has 0 radical (unpaired) electrons. The maximum absolute atomic E-state index is 11.5. The highest BCUT2D eigenvalue weighted by Gasteiger charge is 2.05. The van der Waals surface area contributed by atoms with Gasteiger partial charge >= 0.3 is 0 Å². The first-order valence-corrected chi connectivity index (χ1v) is 5.64. The fourth-order valence-corrected chi connectivity index (χ4v) is 1.85. The summed E-state index contributed by atoms with van der Waals surface area (Å²) in [6, 6.07) is 7.81. The summed E-state index contributed by atoms with van der Waals surface area (Å²) >= 11 is 0. The molecule has 1 aromatic heterocycles. The maximum Gasteiger partial charge on any atom is 0.239 e. The standard InChI is InChI=1S/C13H16N2O2/c1-3-14-13(16)9-15-7-6-10-8-11(17-2)4-5-12(10)15/h4-8H,3,9H2,1-2H3,(H,14,16). The number of fused-ring (bicyclic) bond motifs is 1. The lowest BCUT2D eigenvalue weighted by Gasteiger charge is -2.06. The molecule has 0 bridgehead atoms. The van der Waals surface area contributed by atoms with Crippen molar-refractivity contribution in [1.29, 1.82) is 0 Å². The van der Waals surface area contributed by atoms with Gasteiger partial charge in [0.05, 0.1) is 7.11 Å². The summed E-state index contributed by atoms with van der Waals surface area (Å²) < 4.78 is 7.09. The Morgan fingerprint density at radius 1 is 1.41 bits per heavy atom. The lowest BCUT2D eigenvalue weighted by atomic mass is 10.2. The molecule has 2 rings (SSSR count). The van der Waals surface area contributed by atoms with Gasteiger partial charge in [0, 0.05) is 23.6 Å². The first-order valence-electron chi connectivity index (χ1n) is 5.64. The van der Waals surface area contributed by atoms with Crippen molar-refractivity contribution in [3.63, 3.8) is 0 Å². The van der Waals surface area contributed by atoms with Crippen LogP contribution in [0.2, 0.25) is 0 Å². The van der Waals surface area contributed by atoms with E-state index in [0.717, 1.165) is 16.7 Å². The summed E-state index contributed by atoms with van der Waals surface area (Å²) in [5.74, 6) is 0.856. The molecule has 17 heavy (non-hydrogen) atoms. The summed E-state index contributed by atoms with van der Waals surface area (Å²) in [4.78, 5) is 11.5. The number of ether oxygens (including phenoxy) is 1. The van der Waals surface area contributed by atoms with Crippen molar-refractivity contribution in [3.8, 4) is 5.75 Å². The molecule has 4 nitrogen and oxygen atoms in total. The Kier molecular flexibility index (Phi) is 3.32. The molecule has 0 aliphatic carbocycles. The van der Waals surface area contributed by atoms with Gasteiger partial charge in [-0.1, -0.05) is 0 Å². The van der Waals surface area contributed by atoms with E-state index in [1.54, 1.807) is 7.11 Å². The van der Waals surface area contributed by atoms with Crippen LogP contribution >= 0.6 is 0 Å². The number of carbonyl (C=O) groups is 1. The van der Waals surface area contributed by atoms with Gasteiger partial charge in [0.25, 0.3) is 0 Å². The molecular formula is C13H16N2O2. The normalized spacial score (nSPS) is 10.5. The number of benzene rings is 1. The molecule has 4 heteroatoms. The first-order chi connectivity index (χ1) is 8.24. The van der Waals surface area contributed by atoms with Gasteiger partial charge in [0.15, 0.2) is 0 Å². The average Bonchev–Trinajstić information content (AvgIpc) is 2.72. The Balaban J connectivity index is 2.27. The SMILES string of the molecule is CCNC(=O)Cn1ccc2cc(OC)ccc21. The van der Waals surface area contributed by atoms with E-state index in [4.69, 9.17) is 4.74 Å². The van der Waals surface area contributed by atoms with Crippen LogP contribution in [0.15, 0.2) is 30.5 Å². The average molecular weight is 232 g/mol. The molecule has 1 aromatic carbocycles. The topological polar surface area (TPSA) is 43.3 Å². The van der Waals surface area contributed by atoms with Crippen molar-refractivity contribution in [2.75, 3.05) is 13.7 Å². The van der Waals surface area contributed by atoms with E-state index in [2.05, 4.69) is 5.32 Å². The van der Waals surface area contributed by atoms with Crippen LogP contribution in [0.3, 0.4) is 0 Å². The van der Waals surface area contributed by atoms with E-state index in [1.165, 1.54) is 0 Å². The van der Waals surface area contributed by atoms with Crippen LogP contribution in [0.25, 0.3) is 10.9 Å². The van der Waals surface area contributed by atoms with E-state index in [0.29, 0.717) is 13.1 Å². The zero-order valence-corrected chi connectivity index (χ0v) is 10.1. The minimum absolute atomic E-state index is 0.0285. The van der Waals surface area contributed by atoms with Gasteiger partial charge < -0.3 is 14.6 Å². The Hall–Kier alpha value is -1.97. The fourth-order valence-electron chi connectivity index (χ4n) is 1.85. The number of nitrogens with one attached hydrogen (secondary N) is 1. The van der Waals surface area contributed by atoms with Crippen molar-refractivity contribution >= 4 is 16.8 Å². The van der Waals surface area contributed by atoms with Crippen molar-refractivity contribution in [1.82, 2.24) is 9.88 Å². The quantitative estimate of drug-likeness (QED) is 0.873. The number of likely N-dealkylation sites (N-methyl/N-ethyl adjacent to an activating group) is 1. The minimum atomic E-state index is 0.0285. The predicted molar refractivity (Wildman–Crippen MR) is 67.2 cm³/mol. The lowest BCUT2D eigenvalue weighted by Crippen LogP contribution is -2.26. The summed E-state index contributed by atoms with van der Waals surface area (Å²) in [6.07, 6.45) is 1.92. The van der Waals surface area contributed by atoms with Gasteiger partial charge in [0.1, 0.15) is 12.3 Å². The second-order valence-corrected chi connectivity index (χ2v) is 3.82. The van der Waals surface area contributed by atoms with E-state index in [-0.39, 0.29) is 5.91 Å². The molecule has 0 unspecified atom stereocenters. The third-order valence-electron chi connectivity index (χ3n) is 2.67. The summed E-state index contributed by atoms with van der Waals surface area (Å²) in [6.45, 7) is 2.92. The van der Waals surface area contributed by atoms with Crippen molar-refractivity contribution in [2.45, 2.75) is 13.5 Å². The van der Waals surface area contributed by atoms with E-state index in [9.17, 15) is 4.79 Å². The predicted octanol–water partition coefficient (Wildman–Crippen LogP) is 1.79. The van der Waals surface area contributed by atoms with Crippen LogP contribution in [-0.4, -0.2) is 24.1 Å². The number of carbonyl (C=O) groups excluding carboxylic acids is 1. The van der Waals surface area contributed by atoms with Crippen LogP contribution < -0.4 is 10.1 Å². The Bertz CT molecular complexity index is 531. The number of hydrogen-bond donors (Lipinski definition) is 1. The molecule has 1 N–H and O–H groups in total. The minimum Gasteiger partial charge on any atom is -0.497 e. The highest BCUT2D eigenvalue weighted by Crippen LogP contribution is 2.21. The fraction of sp³-hybridized carbons (Fsp3) is 0.308. The van der Waals surface area contributed by atoms with Gasteiger partial charge in [0.2, 0.25) is 5.91 Å². The Labute approximate surface area is 100 Å². The molecule has 0 aliphatic rings. The van der Waals surface area contributed by atoms with Gasteiger partial charge in [-0.15, -0.1) is 0 Å². The van der Waals surface area contributed by atoms with Crippen molar-refractivity contribution in [2.24, 2.45) is 0 Å². The molecule has 90 valence electrons. The molecule has 0 atom stereocenters. The van der Waals surface area contributed by atoms with E-state index < -0.39 is 0 Å². The van der Waals surface area contributed by atoms with Crippen molar-refractivity contribution in [3.05, 3.63) is 30.5 Å². The Morgan fingerprint density at radius 3 is 2.94 bits per heavy atom. The van der Waals surface area contributed by atoms with Gasteiger partial charge in [-0.2, -0.15) is 0 Å². The van der Waals surface area contributed by atoms with Gasteiger partial charge in [-0.05, 0) is 31.2 Å². The van der Waals surface area contributed by atoms with Gasteiger partial charge in [-0.3, -0.25) is 4.79 Å². The maximum atomic E-state index is 11.5. The third kappa shape index (κ3) is 2.41. The molecule has 0 saturated heterocycles. The number of amides is 1. The smallest absolute Gasteiger partial charge is 0.239 e. The molecule has 2 aromatic rings. The lowest BCUT2D eigenvalue weighted by molar-refractivity contribution is -0.121. The number of methoxy groups -OCH3 is 1. The number of aromatic nitrogens is 1. The second kappa shape index (κ2) is 4.91. The molecule has 0 saturated carbocycles.